The molecule has 0 aliphatic heterocycles. The van der Waals surface area contributed by atoms with E-state index >= 15 is 0 Å². The fourth-order valence-electron chi connectivity index (χ4n) is 2.14. The van der Waals surface area contributed by atoms with Crippen molar-refractivity contribution in [3.63, 3.8) is 0 Å². The summed E-state index contributed by atoms with van der Waals surface area (Å²) in [5.41, 5.74) is 3.78. The first-order valence-electron chi connectivity index (χ1n) is 6.87. The Morgan fingerprint density at radius 1 is 1.05 bits per heavy atom. The van der Waals surface area contributed by atoms with Crippen molar-refractivity contribution in [2.24, 2.45) is 0 Å². The fourth-order valence-corrected chi connectivity index (χ4v) is 3.39. The van der Waals surface area contributed by atoms with E-state index in [2.05, 4.69) is 9.71 Å². The summed E-state index contributed by atoms with van der Waals surface area (Å²) in [6.45, 7) is 6.06. The second-order valence-corrected chi connectivity index (χ2v) is 6.98. The van der Waals surface area contributed by atoms with Crippen LogP contribution < -0.4 is 4.72 Å². The molecular formula is C16H20N2O2S. The average molecular weight is 304 g/mol. The van der Waals surface area contributed by atoms with E-state index in [-0.39, 0.29) is 0 Å². The first kappa shape index (κ1) is 15.7. The van der Waals surface area contributed by atoms with Crippen LogP contribution in [0.25, 0.3) is 0 Å². The molecule has 0 fully saturated rings. The zero-order chi connectivity index (χ0) is 15.5. The van der Waals surface area contributed by atoms with Crippen LogP contribution >= 0.6 is 0 Å². The molecule has 21 heavy (non-hydrogen) atoms. The number of hydrogen-bond donors (Lipinski definition) is 1. The molecule has 2 rings (SSSR count). The minimum absolute atomic E-state index is 0.338. The highest BCUT2D eigenvalue weighted by atomic mass is 32.2. The molecular weight excluding hydrogens is 284 g/mol. The van der Waals surface area contributed by atoms with Crippen molar-refractivity contribution >= 4 is 10.0 Å². The molecule has 0 atom stereocenters. The first-order valence-corrected chi connectivity index (χ1v) is 8.35. The van der Waals surface area contributed by atoms with Crippen molar-refractivity contribution in [3.8, 4) is 0 Å². The van der Waals surface area contributed by atoms with E-state index in [9.17, 15) is 8.42 Å². The molecule has 112 valence electrons. The third kappa shape index (κ3) is 4.12. The Morgan fingerprint density at radius 3 is 2.38 bits per heavy atom. The Labute approximate surface area is 126 Å². The van der Waals surface area contributed by atoms with Gasteiger partial charge in [0, 0.05) is 24.9 Å². The summed E-state index contributed by atoms with van der Waals surface area (Å²) in [5, 5.41) is 0. The third-order valence-electron chi connectivity index (χ3n) is 3.27. The van der Waals surface area contributed by atoms with Crippen molar-refractivity contribution in [1.82, 2.24) is 9.71 Å². The second-order valence-electron chi connectivity index (χ2n) is 5.24. The van der Waals surface area contributed by atoms with Crippen LogP contribution in [-0.4, -0.2) is 19.9 Å². The lowest BCUT2D eigenvalue weighted by atomic mass is 10.2. The molecule has 0 aliphatic rings. The zero-order valence-corrected chi connectivity index (χ0v) is 13.4. The maximum absolute atomic E-state index is 12.3. The molecule has 2 aromatic rings. The molecule has 5 heteroatoms. The smallest absolute Gasteiger partial charge is 0.240 e. The minimum Gasteiger partial charge on any atom is -0.261 e. The second kappa shape index (κ2) is 6.37. The van der Waals surface area contributed by atoms with E-state index in [0.29, 0.717) is 17.9 Å². The predicted octanol–water partition coefficient (Wildman–Crippen LogP) is 2.53. The minimum atomic E-state index is -3.46. The highest BCUT2D eigenvalue weighted by Crippen LogP contribution is 2.16. The van der Waals surface area contributed by atoms with E-state index < -0.39 is 10.0 Å². The molecule has 1 aromatic heterocycles. The van der Waals surface area contributed by atoms with Gasteiger partial charge in [-0.1, -0.05) is 23.8 Å². The van der Waals surface area contributed by atoms with Gasteiger partial charge in [-0.3, -0.25) is 4.98 Å². The molecule has 1 aromatic carbocycles. The van der Waals surface area contributed by atoms with E-state index in [4.69, 9.17) is 0 Å². The quantitative estimate of drug-likeness (QED) is 0.923. The van der Waals surface area contributed by atoms with Gasteiger partial charge >= 0.3 is 0 Å². The third-order valence-corrected chi connectivity index (χ3v) is 4.89. The van der Waals surface area contributed by atoms with Crippen molar-refractivity contribution in [2.75, 3.05) is 6.54 Å². The number of pyridine rings is 1. The van der Waals surface area contributed by atoms with Crippen molar-refractivity contribution < 1.29 is 8.42 Å². The molecule has 0 aliphatic carbocycles. The van der Waals surface area contributed by atoms with Crippen LogP contribution in [0.15, 0.2) is 41.4 Å². The number of nitrogens with zero attached hydrogens (tertiary/aromatic N) is 1. The van der Waals surface area contributed by atoms with E-state index in [0.717, 1.165) is 22.4 Å². The van der Waals surface area contributed by atoms with Crippen LogP contribution in [0.3, 0.4) is 0 Å². The summed E-state index contributed by atoms with van der Waals surface area (Å²) in [4.78, 5) is 4.60. The number of nitrogens with one attached hydrogen (secondary N) is 1. The maximum Gasteiger partial charge on any atom is 0.240 e. The molecule has 4 nitrogen and oxygen atoms in total. The van der Waals surface area contributed by atoms with Gasteiger partial charge in [-0.15, -0.1) is 0 Å². The van der Waals surface area contributed by atoms with E-state index in [1.54, 1.807) is 12.3 Å². The molecule has 0 saturated carbocycles. The number of aromatic nitrogens is 1. The number of aryl methyl sites for hydroxylation is 3. The summed E-state index contributed by atoms with van der Waals surface area (Å²) < 4.78 is 27.2. The van der Waals surface area contributed by atoms with Gasteiger partial charge < -0.3 is 0 Å². The highest BCUT2D eigenvalue weighted by molar-refractivity contribution is 7.89. The SMILES string of the molecule is Cc1ccc(CCNS(=O)(=O)c2ccc(C)cc2C)nc1. The lowest BCUT2D eigenvalue weighted by molar-refractivity contribution is 0.580. The van der Waals surface area contributed by atoms with Crippen molar-refractivity contribution in [3.05, 3.63) is 58.9 Å². The van der Waals surface area contributed by atoms with Gasteiger partial charge in [-0.2, -0.15) is 0 Å². The standard InChI is InChI=1S/C16H20N2O2S/c1-12-5-7-16(14(3)10-12)21(19,20)18-9-8-15-6-4-13(2)11-17-15/h4-7,10-11,18H,8-9H2,1-3H3. The van der Waals surface area contributed by atoms with Crippen LogP contribution in [-0.2, 0) is 16.4 Å². The molecule has 1 N–H and O–H groups in total. The molecule has 0 radical (unpaired) electrons. The van der Waals surface area contributed by atoms with Crippen LogP contribution in [0.4, 0.5) is 0 Å². The van der Waals surface area contributed by atoms with Gasteiger partial charge in [0.2, 0.25) is 10.0 Å². The monoisotopic (exact) mass is 304 g/mol. The van der Waals surface area contributed by atoms with Crippen LogP contribution in [0.1, 0.15) is 22.4 Å². The van der Waals surface area contributed by atoms with Crippen LogP contribution in [0.2, 0.25) is 0 Å². The highest BCUT2D eigenvalue weighted by Gasteiger charge is 2.15. The van der Waals surface area contributed by atoms with Crippen LogP contribution in [0.5, 0.6) is 0 Å². The lowest BCUT2D eigenvalue weighted by Gasteiger charge is -2.10. The molecule has 0 amide bonds. The maximum atomic E-state index is 12.3. The number of rotatable bonds is 5. The Morgan fingerprint density at radius 2 is 1.76 bits per heavy atom. The molecule has 0 spiro atoms. The summed E-state index contributed by atoms with van der Waals surface area (Å²) >= 11 is 0. The Kier molecular flexibility index (Phi) is 4.75. The van der Waals surface area contributed by atoms with E-state index in [1.807, 2.05) is 45.0 Å². The molecule has 0 bridgehead atoms. The van der Waals surface area contributed by atoms with Gasteiger partial charge in [-0.05, 0) is 44.0 Å². The van der Waals surface area contributed by atoms with Crippen molar-refractivity contribution in [2.45, 2.75) is 32.1 Å². The largest absolute Gasteiger partial charge is 0.261 e. The van der Waals surface area contributed by atoms with E-state index in [1.165, 1.54) is 0 Å². The fraction of sp³-hybridized carbons (Fsp3) is 0.312. The average Bonchev–Trinajstić information content (AvgIpc) is 2.40. The lowest BCUT2D eigenvalue weighted by Crippen LogP contribution is -2.26. The Balaban J connectivity index is 2.03. The van der Waals surface area contributed by atoms with Gasteiger partial charge in [0.1, 0.15) is 0 Å². The summed E-state index contributed by atoms with van der Waals surface area (Å²) in [5.74, 6) is 0. The number of benzene rings is 1. The molecule has 0 saturated heterocycles. The van der Waals surface area contributed by atoms with Crippen molar-refractivity contribution in [1.29, 1.82) is 0 Å². The van der Waals surface area contributed by atoms with Gasteiger partial charge in [0.15, 0.2) is 0 Å². The van der Waals surface area contributed by atoms with Gasteiger partial charge in [-0.25, -0.2) is 13.1 Å². The molecule has 1 heterocycles. The predicted molar refractivity (Wildman–Crippen MR) is 83.8 cm³/mol. The topological polar surface area (TPSA) is 59.1 Å². The summed E-state index contributed by atoms with van der Waals surface area (Å²) in [6.07, 6.45) is 2.36. The first-order chi connectivity index (χ1) is 9.88. The summed E-state index contributed by atoms with van der Waals surface area (Å²) in [6, 6.07) is 9.22. The van der Waals surface area contributed by atoms with Gasteiger partial charge in [0.25, 0.3) is 0 Å². The van der Waals surface area contributed by atoms with Crippen LogP contribution in [0, 0.1) is 20.8 Å². The summed E-state index contributed by atoms with van der Waals surface area (Å²) in [7, 11) is -3.46. The molecule has 0 unspecified atom stereocenters. The number of hydrogen-bond acceptors (Lipinski definition) is 3. The van der Waals surface area contributed by atoms with Gasteiger partial charge in [0.05, 0.1) is 4.90 Å². The normalized spacial score (nSPS) is 11.6. The zero-order valence-electron chi connectivity index (χ0n) is 12.6. The Hall–Kier alpha value is -1.72. The Bertz CT molecular complexity index is 722. The number of sulfonamides is 1.